The highest BCUT2D eigenvalue weighted by Gasteiger charge is 2.42. The molecule has 2 atom stereocenters. The summed E-state index contributed by atoms with van der Waals surface area (Å²) in [5.74, 6) is -2.31. The Bertz CT molecular complexity index is 2320. The summed E-state index contributed by atoms with van der Waals surface area (Å²) in [6.45, 7) is 2.05. The van der Waals surface area contributed by atoms with Gasteiger partial charge in [-0.25, -0.2) is 9.18 Å². The Balaban J connectivity index is 1.13. The number of aromatic carboxylic acids is 1. The van der Waals surface area contributed by atoms with Gasteiger partial charge in [0.15, 0.2) is 17.3 Å². The number of carboxylic acids is 1. The Morgan fingerprint density at radius 1 is 1.10 bits per heavy atom. The number of carboxylic acid groups (broad SMARTS) is 1. The van der Waals surface area contributed by atoms with Crippen LogP contribution in [-0.2, 0) is 6.67 Å². The van der Waals surface area contributed by atoms with Crippen molar-refractivity contribution in [1.29, 1.82) is 0 Å². The molecule has 3 fully saturated rings. The van der Waals surface area contributed by atoms with Crippen LogP contribution in [-0.4, -0.2) is 73.9 Å². The number of carbonyl (C=O) groups is 2. The number of azo groups is 1. The Morgan fingerprint density at radius 3 is 2.61 bits per heavy atom. The fourth-order valence-electron chi connectivity index (χ4n) is 7.72. The number of pyridine rings is 2. The van der Waals surface area contributed by atoms with E-state index in [9.17, 15) is 24.6 Å². The fraction of sp³-hybridized carbons (Fsp3) is 0.333. The Morgan fingerprint density at radius 2 is 1.88 bits per heavy atom. The molecule has 2 N–H and O–H groups in total. The number of hydrogen-bond donors (Lipinski definition) is 2. The van der Waals surface area contributed by atoms with Crippen LogP contribution in [0.25, 0.3) is 21.8 Å². The van der Waals surface area contributed by atoms with Crippen LogP contribution in [0.3, 0.4) is 0 Å². The van der Waals surface area contributed by atoms with Gasteiger partial charge in [0.25, 0.3) is 5.91 Å². The molecular formula is C36H33BrFN7O6. The van der Waals surface area contributed by atoms with Gasteiger partial charge in [0.1, 0.15) is 11.3 Å². The number of piperidine rings is 1. The van der Waals surface area contributed by atoms with Crippen molar-refractivity contribution >= 4 is 61.0 Å². The van der Waals surface area contributed by atoms with Crippen LogP contribution < -0.4 is 15.1 Å². The number of halogens is 2. The molecule has 1 amide bonds. The number of amides is 1. The molecule has 3 aliphatic rings. The lowest BCUT2D eigenvalue weighted by atomic mass is 9.92. The lowest BCUT2D eigenvalue weighted by Gasteiger charge is -2.37. The zero-order chi connectivity index (χ0) is 35.6. The lowest BCUT2D eigenvalue weighted by Crippen LogP contribution is -2.45. The molecule has 1 saturated carbocycles. The first-order chi connectivity index (χ1) is 24.6. The Hall–Kier alpha value is -5.15. The maximum absolute atomic E-state index is 16.2. The summed E-state index contributed by atoms with van der Waals surface area (Å²) in [6, 6.07) is 9.78. The summed E-state index contributed by atoms with van der Waals surface area (Å²) in [7, 11) is 1.44. The molecule has 1 aliphatic carbocycles. The van der Waals surface area contributed by atoms with Crippen molar-refractivity contribution in [3.8, 4) is 11.6 Å². The molecule has 2 saturated heterocycles. The second-order valence-electron chi connectivity index (χ2n) is 13.3. The third kappa shape index (κ3) is 5.73. The summed E-state index contributed by atoms with van der Waals surface area (Å²) in [4.78, 5) is 46.0. The number of rotatable bonds is 8. The molecule has 0 unspecified atom stereocenters. The van der Waals surface area contributed by atoms with Gasteiger partial charge in [-0.1, -0.05) is 15.9 Å². The second kappa shape index (κ2) is 12.9. The monoisotopic (exact) mass is 757 g/mol. The van der Waals surface area contributed by atoms with E-state index in [1.165, 1.54) is 25.7 Å². The van der Waals surface area contributed by atoms with Crippen molar-refractivity contribution in [2.45, 2.75) is 44.4 Å². The molecule has 0 spiro atoms. The number of aromatic hydroxyl groups is 1. The van der Waals surface area contributed by atoms with E-state index in [2.05, 4.69) is 36.0 Å². The molecule has 0 bridgehead atoms. The van der Waals surface area contributed by atoms with E-state index in [1.54, 1.807) is 21.3 Å². The number of nitrogens with zero attached hydrogens (tertiary/aromatic N) is 7. The average molecular weight is 759 g/mol. The highest BCUT2D eigenvalue weighted by Crippen LogP contribution is 2.46. The first-order valence-corrected chi connectivity index (χ1v) is 17.5. The van der Waals surface area contributed by atoms with Gasteiger partial charge in [-0.2, -0.15) is 0 Å². The van der Waals surface area contributed by atoms with E-state index in [0.717, 1.165) is 42.8 Å². The molecule has 2 aromatic carbocycles. The molecule has 5 heterocycles. The van der Waals surface area contributed by atoms with E-state index in [4.69, 9.17) is 4.74 Å². The highest BCUT2D eigenvalue weighted by molar-refractivity contribution is 9.10. The molecular weight excluding hydrogens is 725 g/mol. The van der Waals surface area contributed by atoms with Crippen LogP contribution in [0, 0.1) is 11.7 Å². The predicted octanol–water partition coefficient (Wildman–Crippen LogP) is 6.48. The van der Waals surface area contributed by atoms with E-state index in [0.29, 0.717) is 41.7 Å². The topological polar surface area (TPSA) is 155 Å². The second-order valence-corrected chi connectivity index (χ2v) is 14.2. The number of anilines is 1. The number of carbonyl (C=O) groups excluding carboxylic acids is 1. The van der Waals surface area contributed by atoms with Crippen molar-refractivity contribution in [3.63, 3.8) is 0 Å². The molecule has 15 heteroatoms. The first-order valence-electron chi connectivity index (χ1n) is 16.7. The molecule has 2 aliphatic heterocycles. The molecule has 13 nitrogen and oxygen atoms in total. The largest absolute Gasteiger partial charge is 0.493 e. The minimum absolute atomic E-state index is 0.00191. The molecule has 51 heavy (non-hydrogen) atoms. The molecule has 8 rings (SSSR count). The number of ether oxygens (including phenoxy) is 1. The summed E-state index contributed by atoms with van der Waals surface area (Å²) in [5.41, 5.74) is 0.707. The summed E-state index contributed by atoms with van der Waals surface area (Å²) >= 11 is 3.50. The van der Waals surface area contributed by atoms with E-state index >= 15 is 4.39 Å². The quantitative estimate of drug-likeness (QED) is 0.169. The van der Waals surface area contributed by atoms with Gasteiger partial charge in [-0.05, 0) is 68.0 Å². The summed E-state index contributed by atoms with van der Waals surface area (Å²) in [5, 5.41) is 30.0. The van der Waals surface area contributed by atoms with Crippen molar-refractivity contribution < 1.29 is 28.9 Å². The van der Waals surface area contributed by atoms with Crippen molar-refractivity contribution in [2.24, 2.45) is 16.1 Å². The molecule has 0 radical (unpaired) electrons. The number of aromatic nitrogens is 3. The van der Waals surface area contributed by atoms with E-state index < -0.39 is 28.7 Å². The normalized spacial score (nSPS) is 19.3. The van der Waals surface area contributed by atoms with E-state index in [-0.39, 0.29) is 46.4 Å². The van der Waals surface area contributed by atoms with Gasteiger partial charge in [-0.3, -0.25) is 24.0 Å². The van der Waals surface area contributed by atoms with Crippen LogP contribution in [0.2, 0.25) is 0 Å². The number of hydrogen-bond acceptors (Lipinski definition) is 9. The van der Waals surface area contributed by atoms with Gasteiger partial charge in [-0.15, -0.1) is 10.2 Å². The minimum atomic E-state index is -1.36. The van der Waals surface area contributed by atoms with Gasteiger partial charge >= 0.3 is 5.97 Å². The predicted molar refractivity (Wildman–Crippen MR) is 190 cm³/mol. The summed E-state index contributed by atoms with van der Waals surface area (Å²) in [6.07, 6.45) is 7.79. The van der Waals surface area contributed by atoms with Crippen molar-refractivity contribution in [1.82, 2.24) is 19.0 Å². The third-order valence-electron chi connectivity index (χ3n) is 10.2. The minimum Gasteiger partial charge on any atom is -0.493 e. The van der Waals surface area contributed by atoms with Crippen LogP contribution in [0.1, 0.15) is 52.4 Å². The zero-order valence-corrected chi connectivity index (χ0v) is 29.1. The van der Waals surface area contributed by atoms with Crippen LogP contribution in [0.4, 0.5) is 15.8 Å². The molecule has 5 aromatic rings. The van der Waals surface area contributed by atoms with Crippen molar-refractivity contribution in [3.05, 3.63) is 86.6 Å². The number of methoxy groups -OCH3 is 1. The van der Waals surface area contributed by atoms with Gasteiger partial charge in [0, 0.05) is 65.7 Å². The van der Waals surface area contributed by atoms with Crippen LogP contribution in [0.5, 0.6) is 11.6 Å². The standard InChI is InChI=1S/C36H33BrFN7O6/c1-51-33-30-24(32(46)25(36(49)50)16-44(30)22-5-6-22)14-26(38)31(33)43-15-20-3-2-12-42(28(20)17-43)18-45-27-7-4-21(37)13-23(27)29(35(45)48)40-41-34(47)19-8-10-39-11-9-19/h4,7-11,13-14,16,20,22,28,48H,2-3,5-6,12,15,17-18H2,1H3,(H,49,50)/t20-,28+/m0/s1. The number of likely N-dealkylation sites (tertiary alicyclic amines) is 1. The van der Waals surface area contributed by atoms with Crippen LogP contribution >= 0.6 is 15.9 Å². The summed E-state index contributed by atoms with van der Waals surface area (Å²) < 4.78 is 26.3. The number of fused-ring (bicyclic) bond motifs is 3. The van der Waals surface area contributed by atoms with Gasteiger partial charge < -0.3 is 24.4 Å². The third-order valence-corrected chi connectivity index (χ3v) is 10.7. The van der Waals surface area contributed by atoms with Gasteiger partial charge in [0.05, 0.1) is 30.2 Å². The Labute approximate surface area is 298 Å². The maximum Gasteiger partial charge on any atom is 0.341 e. The van der Waals surface area contributed by atoms with Gasteiger partial charge in [0.2, 0.25) is 11.3 Å². The lowest BCUT2D eigenvalue weighted by molar-refractivity contribution is 0.0694. The van der Waals surface area contributed by atoms with Crippen molar-refractivity contribution in [2.75, 3.05) is 31.6 Å². The van der Waals surface area contributed by atoms with E-state index in [1.807, 2.05) is 23.1 Å². The Kier molecular flexibility index (Phi) is 8.33. The van der Waals surface area contributed by atoms with Crippen LogP contribution in [0.15, 0.2) is 74.5 Å². The highest BCUT2D eigenvalue weighted by atomic mass is 79.9. The fourth-order valence-corrected chi connectivity index (χ4v) is 8.08. The SMILES string of the molecule is COc1c(N2C[C@@H]3CCCN(Cn4c(O)c(N=NC(=O)c5ccncc5)c5cc(Br)ccc54)[C@@H]3C2)c(F)cc2c(=O)c(C(=O)O)cn(C3CC3)c12. The molecule has 262 valence electrons. The zero-order valence-electron chi connectivity index (χ0n) is 27.5. The average Bonchev–Trinajstić information content (AvgIpc) is 3.82. The first kappa shape index (κ1) is 33.0. The maximum atomic E-state index is 16.2. The smallest absolute Gasteiger partial charge is 0.341 e. The molecule has 3 aromatic heterocycles. The number of benzene rings is 2.